The molecule has 1 aromatic carbocycles. The average molecular weight is 328 g/mol. The van der Waals surface area contributed by atoms with Gasteiger partial charge in [0.1, 0.15) is 0 Å². The first-order valence-electron chi connectivity index (χ1n) is 7.15. The van der Waals surface area contributed by atoms with Crippen molar-refractivity contribution in [1.29, 1.82) is 0 Å². The van der Waals surface area contributed by atoms with Gasteiger partial charge in [0.05, 0.1) is 4.90 Å². The lowest BCUT2D eigenvalue weighted by Gasteiger charge is -2.15. The number of carbonyl (C=O) groups excluding carboxylic acids is 1. The number of aryl methyl sites for hydroxylation is 1. The van der Waals surface area contributed by atoms with Crippen LogP contribution >= 0.6 is 10.7 Å². The molecule has 2 saturated carbocycles. The van der Waals surface area contributed by atoms with Crippen molar-refractivity contribution in [3.05, 3.63) is 29.3 Å². The third-order valence-electron chi connectivity index (χ3n) is 4.53. The van der Waals surface area contributed by atoms with Crippen molar-refractivity contribution in [3.63, 3.8) is 0 Å². The van der Waals surface area contributed by atoms with Crippen LogP contribution in [0.1, 0.15) is 41.6 Å². The van der Waals surface area contributed by atoms with Crippen LogP contribution in [-0.2, 0) is 9.05 Å². The van der Waals surface area contributed by atoms with Crippen molar-refractivity contribution < 1.29 is 13.2 Å². The van der Waals surface area contributed by atoms with Crippen LogP contribution in [0.25, 0.3) is 0 Å². The molecule has 1 amide bonds. The summed E-state index contributed by atoms with van der Waals surface area (Å²) in [5, 5.41) is 2.95. The number of benzene rings is 1. The lowest BCUT2D eigenvalue weighted by molar-refractivity contribution is 0.0942. The number of carbonyl (C=O) groups is 1. The van der Waals surface area contributed by atoms with Gasteiger partial charge < -0.3 is 5.32 Å². The smallest absolute Gasteiger partial charge is 0.261 e. The Hall–Kier alpha value is -1.07. The minimum absolute atomic E-state index is 0.0300. The summed E-state index contributed by atoms with van der Waals surface area (Å²) in [6.07, 6.45) is 4.92. The van der Waals surface area contributed by atoms with Gasteiger partial charge in [0.15, 0.2) is 0 Å². The summed E-state index contributed by atoms with van der Waals surface area (Å²) in [5.74, 6) is 0.543. The summed E-state index contributed by atoms with van der Waals surface area (Å²) in [7, 11) is 1.53. The molecule has 0 atom stereocenters. The highest BCUT2D eigenvalue weighted by molar-refractivity contribution is 8.13. The molecule has 21 heavy (non-hydrogen) atoms. The van der Waals surface area contributed by atoms with Gasteiger partial charge in [-0.3, -0.25) is 4.79 Å². The van der Waals surface area contributed by atoms with E-state index in [1.807, 2.05) is 0 Å². The van der Waals surface area contributed by atoms with Crippen molar-refractivity contribution in [2.45, 2.75) is 37.5 Å². The van der Waals surface area contributed by atoms with Gasteiger partial charge in [0.2, 0.25) is 0 Å². The summed E-state index contributed by atoms with van der Waals surface area (Å²) in [5.41, 5.74) is 1.37. The molecule has 0 spiro atoms. The second-order valence-electron chi connectivity index (χ2n) is 6.29. The standard InChI is InChI=1S/C15H18ClNO3S/c1-10-6-11(8-13(7-10)21(16,19)20)14(18)17-9-15(4-5-15)12-2-3-12/h6-8,12H,2-5,9H2,1H3,(H,17,18). The van der Waals surface area contributed by atoms with Gasteiger partial charge >= 0.3 is 0 Å². The Morgan fingerprint density at radius 2 is 2.00 bits per heavy atom. The average Bonchev–Trinajstić information content (AvgIpc) is 3.25. The molecule has 0 radical (unpaired) electrons. The van der Waals surface area contributed by atoms with E-state index in [-0.39, 0.29) is 10.8 Å². The van der Waals surface area contributed by atoms with E-state index in [4.69, 9.17) is 10.7 Å². The zero-order valence-corrected chi connectivity index (χ0v) is 13.4. The van der Waals surface area contributed by atoms with Gasteiger partial charge in [-0.1, -0.05) is 0 Å². The second-order valence-corrected chi connectivity index (χ2v) is 8.86. The van der Waals surface area contributed by atoms with E-state index in [2.05, 4.69) is 5.32 Å². The molecule has 1 N–H and O–H groups in total. The lowest BCUT2D eigenvalue weighted by Crippen LogP contribution is -2.31. The molecule has 2 fully saturated rings. The lowest BCUT2D eigenvalue weighted by atomic mass is 10.0. The summed E-state index contributed by atoms with van der Waals surface area (Å²) >= 11 is 0. The van der Waals surface area contributed by atoms with E-state index in [1.165, 1.54) is 37.8 Å². The second kappa shape index (κ2) is 4.99. The van der Waals surface area contributed by atoms with Crippen LogP contribution in [0.5, 0.6) is 0 Å². The topological polar surface area (TPSA) is 63.2 Å². The van der Waals surface area contributed by atoms with Gasteiger partial charge in [0, 0.05) is 22.8 Å². The molecular weight excluding hydrogens is 310 g/mol. The van der Waals surface area contributed by atoms with E-state index in [1.54, 1.807) is 13.0 Å². The normalized spacial score (nSPS) is 20.1. The van der Waals surface area contributed by atoms with Crippen molar-refractivity contribution >= 4 is 25.6 Å². The van der Waals surface area contributed by atoms with Crippen LogP contribution in [0.4, 0.5) is 0 Å². The van der Waals surface area contributed by atoms with Gasteiger partial charge in [-0.2, -0.15) is 0 Å². The van der Waals surface area contributed by atoms with E-state index in [0.29, 0.717) is 23.1 Å². The highest BCUT2D eigenvalue weighted by Gasteiger charge is 2.53. The third kappa shape index (κ3) is 3.24. The van der Waals surface area contributed by atoms with Crippen molar-refractivity contribution in [2.75, 3.05) is 6.54 Å². The number of amides is 1. The van der Waals surface area contributed by atoms with Crippen molar-refractivity contribution in [2.24, 2.45) is 11.3 Å². The molecule has 4 nitrogen and oxygen atoms in total. The van der Waals surface area contributed by atoms with Gasteiger partial charge in [-0.25, -0.2) is 8.42 Å². The first kappa shape index (κ1) is 14.9. The molecule has 6 heteroatoms. The Morgan fingerprint density at radius 3 is 2.52 bits per heavy atom. The molecule has 1 aromatic rings. The first-order chi connectivity index (χ1) is 9.80. The van der Waals surface area contributed by atoms with Crippen LogP contribution in [0.15, 0.2) is 23.1 Å². The number of hydrogen-bond acceptors (Lipinski definition) is 3. The molecular formula is C15H18ClNO3S. The molecule has 114 valence electrons. The molecule has 0 aliphatic heterocycles. The zero-order chi connectivity index (χ0) is 15.3. The van der Waals surface area contributed by atoms with E-state index in [0.717, 1.165) is 5.92 Å². The highest BCUT2D eigenvalue weighted by Crippen LogP contribution is 2.60. The maximum absolute atomic E-state index is 12.2. The SMILES string of the molecule is Cc1cc(C(=O)NCC2(C3CC3)CC2)cc(S(=O)(=O)Cl)c1. The molecule has 2 aliphatic rings. The largest absolute Gasteiger partial charge is 0.351 e. The summed E-state index contributed by atoms with van der Waals surface area (Å²) in [4.78, 5) is 12.2. The fourth-order valence-electron chi connectivity index (χ4n) is 2.96. The zero-order valence-electron chi connectivity index (χ0n) is 11.9. The molecule has 3 rings (SSSR count). The highest BCUT2D eigenvalue weighted by atomic mass is 35.7. The molecule has 0 aromatic heterocycles. The maximum Gasteiger partial charge on any atom is 0.261 e. The van der Waals surface area contributed by atoms with E-state index >= 15 is 0 Å². The maximum atomic E-state index is 12.2. The molecule has 0 heterocycles. The van der Waals surface area contributed by atoms with Crippen molar-refractivity contribution in [3.8, 4) is 0 Å². The fourth-order valence-corrected chi connectivity index (χ4v) is 3.83. The molecule has 0 bridgehead atoms. The minimum Gasteiger partial charge on any atom is -0.351 e. The Morgan fingerprint density at radius 1 is 1.33 bits per heavy atom. The summed E-state index contributed by atoms with van der Waals surface area (Å²) < 4.78 is 22.8. The first-order valence-corrected chi connectivity index (χ1v) is 9.46. The van der Waals surface area contributed by atoms with Crippen LogP contribution in [0.3, 0.4) is 0 Å². The third-order valence-corrected chi connectivity index (χ3v) is 5.86. The van der Waals surface area contributed by atoms with E-state index in [9.17, 15) is 13.2 Å². The van der Waals surface area contributed by atoms with Crippen LogP contribution in [0, 0.1) is 18.3 Å². The molecule has 0 saturated heterocycles. The molecule has 2 aliphatic carbocycles. The fraction of sp³-hybridized carbons (Fsp3) is 0.533. The number of nitrogens with one attached hydrogen (secondary N) is 1. The van der Waals surface area contributed by atoms with Gasteiger partial charge in [-0.05, 0) is 67.7 Å². The van der Waals surface area contributed by atoms with Gasteiger partial charge in [-0.15, -0.1) is 0 Å². The predicted octanol–water partition coefficient (Wildman–Crippen LogP) is 2.84. The summed E-state index contributed by atoms with van der Waals surface area (Å²) in [6.45, 7) is 2.43. The Bertz CT molecular complexity index is 691. The monoisotopic (exact) mass is 327 g/mol. The van der Waals surface area contributed by atoms with Gasteiger partial charge in [0.25, 0.3) is 15.0 Å². The number of halogens is 1. The van der Waals surface area contributed by atoms with E-state index < -0.39 is 9.05 Å². The summed E-state index contributed by atoms with van der Waals surface area (Å²) in [6, 6.07) is 4.48. The van der Waals surface area contributed by atoms with Crippen LogP contribution in [-0.4, -0.2) is 20.9 Å². The van der Waals surface area contributed by atoms with Crippen LogP contribution < -0.4 is 5.32 Å². The predicted molar refractivity (Wildman–Crippen MR) is 80.9 cm³/mol. The van der Waals surface area contributed by atoms with Crippen molar-refractivity contribution in [1.82, 2.24) is 5.32 Å². The minimum atomic E-state index is -3.82. The Balaban J connectivity index is 1.73. The number of hydrogen-bond donors (Lipinski definition) is 1. The Kier molecular flexibility index (Phi) is 3.53. The van der Waals surface area contributed by atoms with Crippen LogP contribution in [0.2, 0.25) is 0 Å². The number of rotatable bonds is 5. The Labute approximate surface area is 129 Å². The quantitative estimate of drug-likeness (QED) is 0.846. The molecule has 0 unspecified atom stereocenters.